The molecule has 0 aromatic heterocycles. The predicted molar refractivity (Wildman–Crippen MR) is 63.4 cm³/mol. The van der Waals surface area contributed by atoms with Crippen molar-refractivity contribution in [3.63, 3.8) is 0 Å². The Morgan fingerprint density at radius 2 is 2.14 bits per heavy atom. The number of nitrogens with one attached hydrogen (secondary N) is 1. The monoisotopic (exact) mass is 253 g/mol. The molecular formula is C12H16BrN. The molecule has 0 radical (unpaired) electrons. The van der Waals surface area contributed by atoms with Gasteiger partial charge in [-0.1, -0.05) is 22.0 Å². The van der Waals surface area contributed by atoms with Gasteiger partial charge in [-0.3, -0.25) is 0 Å². The average molecular weight is 254 g/mol. The third kappa shape index (κ3) is 2.37. The first kappa shape index (κ1) is 10.2. The van der Waals surface area contributed by atoms with Gasteiger partial charge in [0.15, 0.2) is 0 Å². The lowest BCUT2D eigenvalue weighted by molar-refractivity contribution is 0.536. The van der Waals surface area contributed by atoms with Crippen LogP contribution < -0.4 is 5.32 Å². The molecule has 1 saturated carbocycles. The normalized spacial score (nSPS) is 18.2. The van der Waals surface area contributed by atoms with Gasteiger partial charge in [0.1, 0.15) is 0 Å². The van der Waals surface area contributed by atoms with Gasteiger partial charge in [0.25, 0.3) is 0 Å². The largest absolute Gasteiger partial charge is 0.307 e. The van der Waals surface area contributed by atoms with Crippen LogP contribution in [0.25, 0.3) is 0 Å². The van der Waals surface area contributed by atoms with Crippen LogP contribution in [0.2, 0.25) is 0 Å². The van der Waals surface area contributed by atoms with Crippen molar-refractivity contribution >= 4 is 15.9 Å². The lowest BCUT2D eigenvalue weighted by atomic mass is 10.1. The second-order valence-electron chi connectivity index (χ2n) is 4.49. The fraction of sp³-hybridized carbons (Fsp3) is 0.500. The molecule has 0 heterocycles. The van der Waals surface area contributed by atoms with Crippen molar-refractivity contribution in [2.75, 3.05) is 0 Å². The molecule has 76 valence electrons. The molecule has 1 N–H and O–H groups in total. The Hall–Kier alpha value is -0.340. The minimum atomic E-state index is 0.425. The predicted octanol–water partition coefficient (Wildman–Crippen LogP) is 3.40. The molecule has 1 aliphatic rings. The fourth-order valence-electron chi connectivity index (χ4n) is 1.50. The molecule has 0 aliphatic heterocycles. The topological polar surface area (TPSA) is 12.0 Å². The van der Waals surface area contributed by atoms with Crippen molar-refractivity contribution in [3.05, 3.63) is 33.8 Å². The van der Waals surface area contributed by atoms with Gasteiger partial charge in [0.2, 0.25) is 0 Å². The number of rotatable bonds is 3. The number of hydrogen-bond acceptors (Lipinski definition) is 1. The lowest BCUT2D eigenvalue weighted by Crippen LogP contribution is -2.27. The average Bonchev–Trinajstić information content (AvgIpc) is 2.87. The molecule has 1 nitrogen and oxygen atoms in total. The SMILES string of the molecule is Cc1ccc(Br)cc1CNC1(C)CC1. The van der Waals surface area contributed by atoms with Crippen LogP contribution >= 0.6 is 15.9 Å². The van der Waals surface area contributed by atoms with Crippen molar-refractivity contribution in [3.8, 4) is 0 Å². The van der Waals surface area contributed by atoms with Gasteiger partial charge in [0.05, 0.1) is 0 Å². The highest BCUT2D eigenvalue weighted by Crippen LogP contribution is 2.34. The van der Waals surface area contributed by atoms with Crippen LogP contribution in [0.3, 0.4) is 0 Å². The van der Waals surface area contributed by atoms with E-state index in [1.54, 1.807) is 0 Å². The molecule has 1 aliphatic carbocycles. The summed E-state index contributed by atoms with van der Waals surface area (Å²) in [6, 6.07) is 6.46. The number of halogens is 1. The maximum absolute atomic E-state index is 3.60. The quantitative estimate of drug-likeness (QED) is 0.871. The molecule has 0 unspecified atom stereocenters. The molecule has 14 heavy (non-hydrogen) atoms. The number of aryl methyl sites for hydroxylation is 1. The maximum Gasteiger partial charge on any atom is 0.0213 e. The first-order valence-electron chi connectivity index (χ1n) is 5.09. The Kier molecular flexibility index (Phi) is 2.67. The third-order valence-electron chi connectivity index (χ3n) is 3.02. The second-order valence-corrected chi connectivity index (χ2v) is 5.40. The molecule has 2 rings (SSSR count). The van der Waals surface area contributed by atoms with Gasteiger partial charge in [-0.05, 0) is 49.9 Å². The van der Waals surface area contributed by atoms with Crippen molar-refractivity contribution < 1.29 is 0 Å². The molecule has 1 fully saturated rings. The van der Waals surface area contributed by atoms with Gasteiger partial charge >= 0.3 is 0 Å². The van der Waals surface area contributed by atoms with Gasteiger partial charge in [-0.15, -0.1) is 0 Å². The van der Waals surface area contributed by atoms with Crippen molar-refractivity contribution in [1.29, 1.82) is 0 Å². The zero-order valence-corrected chi connectivity index (χ0v) is 10.3. The molecule has 2 heteroatoms. The Morgan fingerprint density at radius 1 is 1.43 bits per heavy atom. The first-order chi connectivity index (χ1) is 6.59. The molecular weight excluding hydrogens is 238 g/mol. The second kappa shape index (κ2) is 3.67. The van der Waals surface area contributed by atoms with E-state index in [9.17, 15) is 0 Å². The van der Waals surface area contributed by atoms with Gasteiger partial charge in [-0.25, -0.2) is 0 Å². The molecule has 0 atom stereocenters. The number of benzene rings is 1. The summed E-state index contributed by atoms with van der Waals surface area (Å²) in [7, 11) is 0. The van der Waals surface area contributed by atoms with E-state index in [0.29, 0.717) is 5.54 Å². The van der Waals surface area contributed by atoms with E-state index >= 15 is 0 Å². The van der Waals surface area contributed by atoms with E-state index in [1.807, 2.05) is 0 Å². The van der Waals surface area contributed by atoms with E-state index in [0.717, 1.165) is 6.54 Å². The Morgan fingerprint density at radius 3 is 2.79 bits per heavy atom. The van der Waals surface area contributed by atoms with Gasteiger partial charge in [-0.2, -0.15) is 0 Å². The summed E-state index contributed by atoms with van der Waals surface area (Å²) in [4.78, 5) is 0. The summed E-state index contributed by atoms with van der Waals surface area (Å²) in [6.07, 6.45) is 2.64. The summed E-state index contributed by atoms with van der Waals surface area (Å²) in [5.74, 6) is 0. The molecule has 1 aromatic rings. The van der Waals surface area contributed by atoms with Gasteiger partial charge < -0.3 is 5.32 Å². The standard InChI is InChI=1S/C12H16BrN/c1-9-3-4-11(13)7-10(9)8-14-12(2)5-6-12/h3-4,7,14H,5-6,8H2,1-2H3. The third-order valence-corrected chi connectivity index (χ3v) is 3.51. The lowest BCUT2D eigenvalue weighted by Gasteiger charge is -2.13. The maximum atomic E-state index is 3.60. The summed E-state index contributed by atoms with van der Waals surface area (Å²) in [5, 5.41) is 3.60. The van der Waals surface area contributed by atoms with E-state index in [4.69, 9.17) is 0 Å². The van der Waals surface area contributed by atoms with Crippen LogP contribution in [-0.2, 0) is 6.54 Å². The van der Waals surface area contributed by atoms with E-state index in [-0.39, 0.29) is 0 Å². The summed E-state index contributed by atoms with van der Waals surface area (Å²) >= 11 is 3.50. The summed E-state index contributed by atoms with van der Waals surface area (Å²) in [5.41, 5.74) is 3.19. The highest BCUT2D eigenvalue weighted by Gasteiger charge is 2.36. The van der Waals surface area contributed by atoms with Crippen molar-refractivity contribution in [2.45, 2.75) is 38.8 Å². The van der Waals surface area contributed by atoms with E-state index < -0.39 is 0 Å². The van der Waals surface area contributed by atoms with Crippen LogP contribution in [0, 0.1) is 6.92 Å². The van der Waals surface area contributed by atoms with Crippen LogP contribution in [0.4, 0.5) is 0 Å². The molecule has 0 amide bonds. The van der Waals surface area contributed by atoms with Crippen molar-refractivity contribution in [2.24, 2.45) is 0 Å². The Labute approximate surface area is 94.0 Å². The van der Waals surface area contributed by atoms with Crippen molar-refractivity contribution in [1.82, 2.24) is 5.32 Å². The smallest absolute Gasteiger partial charge is 0.0213 e. The summed E-state index contributed by atoms with van der Waals surface area (Å²) in [6.45, 7) is 5.45. The summed E-state index contributed by atoms with van der Waals surface area (Å²) < 4.78 is 1.17. The van der Waals surface area contributed by atoms with Crippen LogP contribution in [-0.4, -0.2) is 5.54 Å². The van der Waals surface area contributed by atoms with E-state index in [1.165, 1.54) is 28.4 Å². The highest BCUT2D eigenvalue weighted by molar-refractivity contribution is 9.10. The zero-order valence-electron chi connectivity index (χ0n) is 8.73. The van der Waals surface area contributed by atoms with Crippen LogP contribution in [0.1, 0.15) is 30.9 Å². The van der Waals surface area contributed by atoms with E-state index in [2.05, 4.69) is 53.3 Å². The minimum Gasteiger partial charge on any atom is -0.307 e. The van der Waals surface area contributed by atoms with Crippen LogP contribution in [0.15, 0.2) is 22.7 Å². The van der Waals surface area contributed by atoms with Gasteiger partial charge in [0, 0.05) is 16.6 Å². The minimum absolute atomic E-state index is 0.425. The fourth-order valence-corrected chi connectivity index (χ4v) is 1.91. The highest BCUT2D eigenvalue weighted by atomic mass is 79.9. The number of hydrogen-bond donors (Lipinski definition) is 1. The Balaban J connectivity index is 2.04. The molecule has 0 bridgehead atoms. The zero-order chi connectivity index (χ0) is 10.2. The molecule has 1 aromatic carbocycles. The molecule has 0 spiro atoms. The van der Waals surface area contributed by atoms with Crippen LogP contribution in [0.5, 0.6) is 0 Å². The first-order valence-corrected chi connectivity index (χ1v) is 5.88. The molecule has 0 saturated heterocycles. The Bertz CT molecular complexity index is 342.